The minimum Gasteiger partial charge on any atom is -0.505 e. The highest BCUT2D eigenvalue weighted by molar-refractivity contribution is 5.57. The molecule has 1 aromatic heterocycles. The molecule has 1 heterocycles. The van der Waals surface area contributed by atoms with Gasteiger partial charge in [-0.3, -0.25) is 4.79 Å². The Morgan fingerprint density at radius 2 is 2.11 bits per heavy atom. The summed E-state index contributed by atoms with van der Waals surface area (Å²) in [5.41, 5.74) is -0.0214. The zero-order valence-corrected chi connectivity index (χ0v) is 9.57. The van der Waals surface area contributed by atoms with E-state index in [9.17, 15) is 14.3 Å². The van der Waals surface area contributed by atoms with E-state index < -0.39 is 17.1 Å². The summed E-state index contributed by atoms with van der Waals surface area (Å²) in [6.07, 6.45) is 0.346. The fraction of sp³-hybridized carbons (Fsp3) is 0.167. The van der Waals surface area contributed by atoms with E-state index in [0.29, 0.717) is 6.42 Å². The molecular formula is C12H11FN2O3. The van der Waals surface area contributed by atoms with Gasteiger partial charge in [-0.25, -0.2) is 4.39 Å². The highest BCUT2D eigenvalue weighted by atomic mass is 19.1. The molecule has 0 saturated carbocycles. The van der Waals surface area contributed by atoms with Crippen LogP contribution >= 0.6 is 0 Å². The van der Waals surface area contributed by atoms with Gasteiger partial charge in [-0.15, -0.1) is 0 Å². The first-order chi connectivity index (χ1) is 8.52. The molecule has 0 bridgehead atoms. The summed E-state index contributed by atoms with van der Waals surface area (Å²) in [4.78, 5) is 17.9. The number of phenolic OH excluding ortho intramolecular Hbond substituents is 1. The number of nitrogens with one attached hydrogen (secondary N) is 1. The lowest BCUT2D eigenvalue weighted by Gasteiger charge is -2.05. The van der Waals surface area contributed by atoms with Gasteiger partial charge in [0.1, 0.15) is 5.82 Å². The summed E-state index contributed by atoms with van der Waals surface area (Å²) < 4.78 is 13.2. The molecule has 94 valence electrons. The Hall–Kier alpha value is -2.37. The van der Waals surface area contributed by atoms with Crippen molar-refractivity contribution in [1.82, 2.24) is 9.97 Å². The smallest absolute Gasteiger partial charge is 0.258 e. The molecule has 0 unspecified atom stereocenters. The maximum Gasteiger partial charge on any atom is 0.258 e. The third-order valence-electron chi connectivity index (χ3n) is 2.57. The number of hydrogen-bond acceptors (Lipinski definition) is 4. The second-order valence-corrected chi connectivity index (χ2v) is 3.74. The molecule has 0 saturated heterocycles. The van der Waals surface area contributed by atoms with Crippen LogP contribution in [0, 0.1) is 5.82 Å². The fourth-order valence-electron chi connectivity index (χ4n) is 1.60. The lowest BCUT2D eigenvalue weighted by molar-refractivity contribution is 0.432. The van der Waals surface area contributed by atoms with Crippen LogP contribution in [0.3, 0.4) is 0 Å². The highest BCUT2D eigenvalue weighted by Crippen LogP contribution is 2.23. The van der Waals surface area contributed by atoms with Gasteiger partial charge in [-0.2, -0.15) is 4.98 Å². The molecule has 0 aliphatic heterocycles. The third-order valence-corrected chi connectivity index (χ3v) is 2.57. The number of aromatic hydroxyl groups is 2. The quantitative estimate of drug-likeness (QED) is 0.754. The van der Waals surface area contributed by atoms with E-state index in [4.69, 9.17) is 5.11 Å². The van der Waals surface area contributed by atoms with E-state index >= 15 is 0 Å². The standard InChI is InChI=1S/C12H11FN2O3/c1-2-7-11(17)14-10(15-12(7)18)6-3-4-9(16)8(13)5-6/h3-5,16H,2H2,1H3,(H2,14,15,17,18). The maximum atomic E-state index is 13.2. The Balaban J connectivity index is 2.58. The number of nitrogens with zero attached hydrogens (tertiary/aromatic N) is 1. The molecule has 0 aliphatic carbocycles. The predicted octanol–water partition coefficient (Wildman–Crippen LogP) is 1.55. The number of hydrogen-bond donors (Lipinski definition) is 3. The number of aromatic amines is 1. The highest BCUT2D eigenvalue weighted by Gasteiger charge is 2.11. The Morgan fingerprint density at radius 3 is 2.67 bits per heavy atom. The van der Waals surface area contributed by atoms with Crippen molar-refractivity contribution in [1.29, 1.82) is 0 Å². The molecule has 5 nitrogen and oxygen atoms in total. The second-order valence-electron chi connectivity index (χ2n) is 3.74. The molecule has 2 aromatic rings. The zero-order valence-electron chi connectivity index (χ0n) is 9.57. The van der Waals surface area contributed by atoms with Crippen molar-refractivity contribution < 1.29 is 14.6 Å². The van der Waals surface area contributed by atoms with Crippen molar-refractivity contribution in [3.05, 3.63) is 39.9 Å². The molecule has 0 spiro atoms. The fourth-order valence-corrected chi connectivity index (χ4v) is 1.60. The van der Waals surface area contributed by atoms with Crippen LogP contribution < -0.4 is 5.56 Å². The molecule has 3 N–H and O–H groups in total. The molecule has 0 atom stereocenters. The first kappa shape index (κ1) is 12.1. The van der Waals surface area contributed by atoms with E-state index in [1.54, 1.807) is 6.92 Å². The van der Waals surface area contributed by atoms with Crippen molar-refractivity contribution in [2.45, 2.75) is 13.3 Å². The predicted molar refractivity (Wildman–Crippen MR) is 63.0 cm³/mol. The molecule has 0 aliphatic rings. The minimum absolute atomic E-state index is 0.0496. The van der Waals surface area contributed by atoms with Crippen LogP contribution in [-0.4, -0.2) is 20.2 Å². The van der Waals surface area contributed by atoms with Gasteiger partial charge in [0.25, 0.3) is 5.56 Å². The van der Waals surface area contributed by atoms with Gasteiger partial charge in [0.05, 0.1) is 5.56 Å². The second kappa shape index (κ2) is 4.48. The summed E-state index contributed by atoms with van der Waals surface area (Å²) >= 11 is 0. The van der Waals surface area contributed by atoms with E-state index in [1.165, 1.54) is 6.07 Å². The van der Waals surface area contributed by atoms with Crippen molar-refractivity contribution in [2.24, 2.45) is 0 Å². The molecule has 6 heteroatoms. The molecule has 0 radical (unpaired) electrons. The first-order valence-corrected chi connectivity index (χ1v) is 5.34. The van der Waals surface area contributed by atoms with E-state index in [0.717, 1.165) is 12.1 Å². The number of phenols is 1. The normalized spacial score (nSPS) is 10.6. The van der Waals surface area contributed by atoms with Gasteiger partial charge in [0, 0.05) is 5.56 Å². The van der Waals surface area contributed by atoms with Gasteiger partial charge in [-0.1, -0.05) is 6.92 Å². The Bertz CT molecular complexity index is 652. The molecule has 0 amide bonds. The molecular weight excluding hydrogens is 239 g/mol. The number of halogens is 1. The van der Waals surface area contributed by atoms with E-state index in [2.05, 4.69) is 9.97 Å². The van der Waals surface area contributed by atoms with Gasteiger partial charge in [-0.05, 0) is 24.6 Å². The Kier molecular flexibility index (Phi) is 3.01. The summed E-state index contributed by atoms with van der Waals surface area (Å²) in [5, 5.41) is 18.6. The topological polar surface area (TPSA) is 86.2 Å². The van der Waals surface area contributed by atoms with E-state index in [1.807, 2.05) is 0 Å². The maximum absolute atomic E-state index is 13.2. The summed E-state index contributed by atoms with van der Waals surface area (Å²) in [7, 11) is 0. The largest absolute Gasteiger partial charge is 0.505 e. The Labute approximate surface area is 102 Å². The third kappa shape index (κ3) is 2.04. The van der Waals surface area contributed by atoms with Crippen molar-refractivity contribution >= 4 is 0 Å². The lowest BCUT2D eigenvalue weighted by atomic mass is 10.2. The average molecular weight is 250 g/mol. The molecule has 1 aromatic carbocycles. The van der Waals surface area contributed by atoms with Crippen molar-refractivity contribution in [2.75, 3.05) is 0 Å². The average Bonchev–Trinajstić information content (AvgIpc) is 2.32. The van der Waals surface area contributed by atoms with E-state index in [-0.39, 0.29) is 22.8 Å². The Morgan fingerprint density at radius 1 is 1.39 bits per heavy atom. The van der Waals surface area contributed by atoms with Gasteiger partial charge in [0.15, 0.2) is 11.6 Å². The van der Waals surface area contributed by atoms with Crippen molar-refractivity contribution in [3.63, 3.8) is 0 Å². The SMILES string of the molecule is CCc1c(O)nc(-c2ccc(O)c(F)c2)[nH]c1=O. The number of rotatable bonds is 2. The van der Waals surface area contributed by atoms with Crippen LogP contribution in [0.4, 0.5) is 4.39 Å². The van der Waals surface area contributed by atoms with Crippen molar-refractivity contribution in [3.8, 4) is 23.0 Å². The minimum atomic E-state index is -0.825. The van der Waals surface area contributed by atoms with Crippen LogP contribution in [0.15, 0.2) is 23.0 Å². The number of H-pyrrole nitrogens is 1. The lowest BCUT2D eigenvalue weighted by Crippen LogP contribution is -2.14. The van der Waals surface area contributed by atoms with Gasteiger partial charge in [0.2, 0.25) is 5.88 Å². The molecule has 2 rings (SSSR count). The van der Waals surface area contributed by atoms with Gasteiger partial charge >= 0.3 is 0 Å². The van der Waals surface area contributed by atoms with Crippen LogP contribution in [0.1, 0.15) is 12.5 Å². The summed E-state index contributed by atoms with van der Waals surface area (Å²) in [5.74, 6) is -1.64. The molecule has 0 fully saturated rings. The summed E-state index contributed by atoms with van der Waals surface area (Å²) in [6, 6.07) is 3.57. The van der Waals surface area contributed by atoms with Gasteiger partial charge < -0.3 is 15.2 Å². The van der Waals surface area contributed by atoms with Crippen LogP contribution in [0.5, 0.6) is 11.6 Å². The summed E-state index contributed by atoms with van der Waals surface area (Å²) in [6.45, 7) is 1.71. The monoisotopic (exact) mass is 250 g/mol. The first-order valence-electron chi connectivity index (χ1n) is 5.34. The number of benzene rings is 1. The zero-order chi connectivity index (χ0) is 13.3. The number of aromatic nitrogens is 2. The molecule has 18 heavy (non-hydrogen) atoms. The van der Waals surface area contributed by atoms with Crippen LogP contribution in [0.2, 0.25) is 0 Å². The van der Waals surface area contributed by atoms with Crippen LogP contribution in [-0.2, 0) is 6.42 Å². The van der Waals surface area contributed by atoms with Crippen LogP contribution in [0.25, 0.3) is 11.4 Å².